The number of hydrogen-bond acceptors (Lipinski definition) is 2. The van der Waals surface area contributed by atoms with Gasteiger partial charge >= 0.3 is 12.4 Å². The largest absolute Gasteiger partial charge is 0.417 e. The lowest BCUT2D eigenvalue weighted by Gasteiger charge is -2.15. The highest BCUT2D eigenvalue weighted by atomic mass is 35.5. The smallest absolute Gasteiger partial charge is 0.298 e. The van der Waals surface area contributed by atoms with Gasteiger partial charge in [0, 0.05) is 11.1 Å². The Labute approximate surface area is 107 Å². The first-order valence-corrected chi connectivity index (χ1v) is 4.83. The molecule has 0 heterocycles. The lowest BCUT2D eigenvalue weighted by molar-refractivity contribution is -0.143. The number of hydrogen-bond donors (Lipinski definition) is 0. The molecule has 0 N–H and O–H groups in total. The summed E-state index contributed by atoms with van der Waals surface area (Å²) in [5, 5.41) is -1.58. The molecular formula is C10H3ClF6O2. The van der Waals surface area contributed by atoms with Gasteiger partial charge in [-0.15, -0.1) is 0 Å². The Morgan fingerprint density at radius 1 is 1.05 bits per heavy atom. The second kappa shape index (κ2) is 4.84. The van der Waals surface area contributed by atoms with Gasteiger partial charge in [-0.3, -0.25) is 9.59 Å². The minimum absolute atomic E-state index is 0.105. The molecule has 0 aliphatic heterocycles. The molecule has 0 saturated heterocycles. The van der Waals surface area contributed by atoms with E-state index in [4.69, 9.17) is 11.6 Å². The highest BCUT2D eigenvalue weighted by molar-refractivity contribution is 6.68. The number of rotatable bonds is 2. The highest BCUT2D eigenvalue weighted by Gasteiger charge is 2.40. The van der Waals surface area contributed by atoms with Gasteiger partial charge in [-0.05, 0) is 23.7 Å². The van der Waals surface area contributed by atoms with E-state index in [1.807, 2.05) is 0 Å². The zero-order valence-electron chi connectivity index (χ0n) is 8.69. The van der Waals surface area contributed by atoms with Crippen molar-refractivity contribution in [2.75, 3.05) is 0 Å². The minimum atomic E-state index is -5.22. The van der Waals surface area contributed by atoms with Crippen LogP contribution >= 0.6 is 11.6 Å². The quantitative estimate of drug-likeness (QED) is 0.471. The molecule has 19 heavy (non-hydrogen) atoms. The number of alkyl halides is 6. The van der Waals surface area contributed by atoms with Gasteiger partial charge in [0.05, 0.1) is 11.1 Å². The lowest BCUT2D eigenvalue weighted by atomic mass is 9.98. The third kappa shape index (κ3) is 3.25. The molecule has 0 atom stereocenters. The van der Waals surface area contributed by atoms with Gasteiger partial charge in [0.1, 0.15) is 0 Å². The Kier molecular flexibility index (Phi) is 3.94. The first-order chi connectivity index (χ1) is 8.48. The Morgan fingerprint density at radius 2 is 1.58 bits per heavy atom. The zero-order valence-corrected chi connectivity index (χ0v) is 9.45. The summed E-state index contributed by atoms with van der Waals surface area (Å²) in [6.45, 7) is 0. The normalized spacial score (nSPS) is 12.4. The first kappa shape index (κ1) is 15.5. The Bertz CT molecular complexity index is 532. The maximum atomic E-state index is 12.6. The Morgan fingerprint density at radius 3 is 1.89 bits per heavy atom. The molecule has 0 aliphatic carbocycles. The van der Waals surface area contributed by atoms with E-state index in [-0.39, 0.29) is 18.4 Å². The van der Waals surface area contributed by atoms with E-state index in [2.05, 4.69) is 0 Å². The Hall–Kier alpha value is -1.57. The highest BCUT2D eigenvalue weighted by Crippen LogP contribution is 2.38. The van der Waals surface area contributed by atoms with Crippen LogP contribution in [0.1, 0.15) is 31.8 Å². The van der Waals surface area contributed by atoms with E-state index in [0.29, 0.717) is 0 Å². The molecule has 2 nitrogen and oxygen atoms in total. The predicted molar refractivity (Wildman–Crippen MR) is 52.0 cm³/mol. The molecule has 0 aliphatic rings. The van der Waals surface area contributed by atoms with Crippen molar-refractivity contribution in [3.8, 4) is 0 Å². The summed E-state index contributed by atoms with van der Waals surface area (Å²) in [5.41, 5.74) is -5.94. The molecule has 0 fully saturated rings. The van der Waals surface area contributed by atoms with Gasteiger partial charge in [-0.1, -0.05) is 0 Å². The summed E-state index contributed by atoms with van der Waals surface area (Å²) in [7, 11) is 0. The van der Waals surface area contributed by atoms with E-state index in [9.17, 15) is 35.9 Å². The fraction of sp³-hybridized carbons (Fsp3) is 0.200. The summed E-state index contributed by atoms with van der Waals surface area (Å²) in [4.78, 5) is 21.4. The third-order valence-electron chi connectivity index (χ3n) is 2.14. The fourth-order valence-corrected chi connectivity index (χ4v) is 1.50. The molecule has 0 aromatic heterocycles. The number of carbonyl (C=O) groups excluding carboxylic acids is 2. The van der Waals surface area contributed by atoms with Crippen LogP contribution < -0.4 is 0 Å². The van der Waals surface area contributed by atoms with Crippen molar-refractivity contribution in [2.24, 2.45) is 0 Å². The van der Waals surface area contributed by atoms with E-state index in [1.54, 1.807) is 0 Å². The molecule has 1 aromatic carbocycles. The molecular weight excluding hydrogens is 302 g/mol. The van der Waals surface area contributed by atoms with Crippen LogP contribution in [0.25, 0.3) is 0 Å². The van der Waals surface area contributed by atoms with Gasteiger partial charge in [-0.25, -0.2) is 0 Å². The van der Waals surface area contributed by atoms with E-state index < -0.39 is 39.8 Å². The van der Waals surface area contributed by atoms with Crippen molar-refractivity contribution >= 4 is 23.1 Å². The number of benzene rings is 1. The summed E-state index contributed by atoms with van der Waals surface area (Å²) in [5.74, 6) is 0. The van der Waals surface area contributed by atoms with Crippen molar-refractivity contribution in [2.45, 2.75) is 12.4 Å². The van der Waals surface area contributed by atoms with Crippen LogP contribution in [0.4, 0.5) is 26.3 Å². The molecule has 0 amide bonds. The fourth-order valence-electron chi connectivity index (χ4n) is 1.34. The van der Waals surface area contributed by atoms with Crippen molar-refractivity contribution < 1.29 is 35.9 Å². The van der Waals surface area contributed by atoms with Gasteiger partial charge in [0.2, 0.25) is 0 Å². The van der Waals surface area contributed by atoms with E-state index in [1.165, 1.54) is 0 Å². The topological polar surface area (TPSA) is 34.1 Å². The van der Waals surface area contributed by atoms with Crippen LogP contribution in [0.5, 0.6) is 0 Å². The predicted octanol–water partition coefficient (Wildman–Crippen LogP) is 3.92. The lowest BCUT2D eigenvalue weighted by Crippen LogP contribution is -2.16. The first-order valence-electron chi connectivity index (χ1n) is 4.46. The van der Waals surface area contributed by atoms with Crippen molar-refractivity contribution in [1.82, 2.24) is 0 Å². The molecule has 0 spiro atoms. The average Bonchev–Trinajstić information content (AvgIpc) is 2.24. The summed E-state index contributed by atoms with van der Waals surface area (Å²) >= 11 is 4.90. The number of halogens is 7. The second-order valence-corrected chi connectivity index (χ2v) is 3.72. The summed E-state index contributed by atoms with van der Waals surface area (Å²) in [6.07, 6.45) is -10.7. The van der Waals surface area contributed by atoms with Crippen LogP contribution in [0.15, 0.2) is 12.1 Å². The average molecular weight is 305 g/mol. The van der Waals surface area contributed by atoms with E-state index in [0.717, 1.165) is 0 Å². The third-order valence-corrected chi connectivity index (χ3v) is 2.35. The standard InChI is InChI=1S/C10H3ClF6O2/c11-8(19)5-1-4(9(12,13)14)2-7(6(5)3-18)10(15,16)17/h1-3H. The summed E-state index contributed by atoms with van der Waals surface area (Å²) in [6, 6.07) is -0.138. The maximum absolute atomic E-state index is 12.6. The van der Waals surface area contributed by atoms with E-state index >= 15 is 0 Å². The molecule has 0 radical (unpaired) electrons. The minimum Gasteiger partial charge on any atom is -0.298 e. The monoisotopic (exact) mass is 304 g/mol. The molecule has 9 heteroatoms. The van der Waals surface area contributed by atoms with Gasteiger partial charge in [0.25, 0.3) is 5.24 Å². The van der Waals surface area contributed by atoms with Crippen LogP contribution in [0.3, 0.4) is 0 Å². The summed E-state index contributed by atoms with van der Waals surface area (Å²) < 4.78 is 75.0. The van der Waals surface area contributed by atoms with Crippen LogP contribution in [0.2, 0.25) is 0 Å². The number of aldehydes is 1. The zero-order chi connectivity index (χ0) is 15.0. The molecule has 0 unspecified atom stereocenters. The van der Waals surface area contributed by atoms with Crippen molar-refractivity contribution in [3.05, 3.63) is 34.4 Å². The number of carbonyl (C=O) groups is 2. The molecule has 0 saturated carbocycles. The van der Waals surface area contributed by atoms with Gasteiger partial charge < -0.3 is 0 Å². The maximum Gasteiger partial charge on any atom is 0.417 e. The van der Waals surface area contributed by atoms with Crippen LogP contribution in [-0.4, -0.2) is 11.5 Å². The van der Waals surface area contributed by atoms with Crippen LogP contribution in [-0.2, 0) is 12.4 Å². The molecule has 1 aromatic rings. The van der Waals surface area contributed by atoms with Gasteiger partial charge in [0.15, 0.2) is 6.29 Å². The molecule has 1 rings (SSSR count). The SMILES string of the molecule is O=Cc1c(C(=O)Cl)cc(C(F)(F)F)cc1C(F)(F)F. The molecule has 104 valence electrons. The molecule has 0 bridgehead atoms. The Balaban J connectivity index is 3.75. The van der Waals surface area contributed by atoms with Gasteiger partial charge in [-0.2, -0.15) is 26.3 Å². The van der Waals surface area contributed by atoms with Crippen LogP contribution in [0, 0.1) is 0 Å². The van der Waals surface area contributed by atoms with Crippen molar-refractivity contribution in [1.29, 1.82) is 0 Å². The van der Waals surface area contributed by atoms with Crippen molar-refractivity contribution in [3.63, 3.8) is 0 Å². The second-order valence-electron chi connectivity index (χ2n) is 3.37.